The summed E-state index contributed by atoms with van der Waals surface area (Å²) in [5.74, 6) is 1.80. The van der Waals surface area contributed by atoms with Gasteiger partial charge in [-0.1, -0.05) is 29.8 Å². The van der Waals surface area contributed by atoms with E-state index in [1.807, 2.05) is 11.4 Å². The molecule has 0 spiro atoms. The number of rotatable bonds is 4. The highest BCUT2D eigenvalue weighted by Gasteiger charge is 2.19. The van der Waals surface area contributed by atoms with Gasteiger partial charge in [-0.3, -0.25) is 4.79 Å². The molecule has 5 nitrogen and oxygen atoms in total. The number of thiophene rings is 1. The standard InChI is InChI=1S/C18H18N4OS/c1-12-4-6-13(7-5-12)14-8-10-24-17(14)18(23)19-11-16-21-20-15-3-2-9-22(15)16/h4-8,10H,2-3,9,11H2,1H3,(H,19,23). The van der Waals surface area contributed by atoms with Crippen LogP contribution in [0.4, 0.5) is 0 Å². The van der Waals surface area contributed by atoms with Crippen LogP contribution in [0.3, 0.4) is 0 Å². The van der Waals surface area contributed by atoms with E-state index in [0.717, 1.165) is 47.0 Å². The number of carbonyl (C=O) groups is 1. The Morgan fingerprint density at radius 1 is 1.25 bits per heavy atom. The third-order valence-electron chi connectivity index (χ3n) is 4.33. The summed E-state index contributed by atoms with van der Waals surface area (Å²) in [6, 6.07) is 10.2. The molecule has 0 saturated heterocycles. The van der Waals surface area contributed by atoms with Gasteiger partial charge < -0.3 is 9.88 Å². The van der Waals surface area contributed by atoms with Crippen molar-refractivity contribution < 1.29 is 4.79 Å². The predicted molar refractivity (Wildman–Crippen MR) is 94.0 cm³/mol. The first-order valence-electron chi connectivity index (χ1n) is 8.06. The van der Waals surface area contributed by atoms with Crippen LogP contribution < -0.4 is 5.32 Å². The van der Waals surface area contributed by atoms with Crippen LogP contribution in [0.1, 0.15) is 33.3 Å². The third-order valence-corrected chi connectivity index (χ3v) is 5.24. The highest BCUT2D eigenvalue weighted by Crippen LogP contribution is 2.28. The Morgan fingerprint density at radius 3 is 2.92 bits per heavy atom. The first-order chi connectivity index (χ1) is 11.7. The maximum Gasteiger partial charge on any atom is 0.262 e. The first kappa shape index (κ1) is 15.1. The third kappa shape index (κ3) is 2.73. The monoisotopic (exact) mass is 338 g/mol. The van der Waals surface area contributed by atoms with Crippen molar-refractivity contribution in [3.63, 3.8) is 0 Å². The fraction of sp³-hybridized carbons (Fsp3) is 0.278. The van der Waals surface area contributed by atoms with Gasteiger partial charge in [-0.05, 0) is 30.4 Å². The second-order valence-electron chi connectivity index (χ2n) is 6.00. The molecule has 2 aromatic heterocycles. The van der Waals surface area contributed by atoms with Crippen molar-refractivity contribution >= 4 is 17.2 Å². The van der Waals surface area contributed by atoms with E-state index < -0.39 is 0 Å². The molecule has 122 valence electrons. The molecule has 0 aliphatic carbocycles. The average molecular weight is 338 g/mol. The Balaban J connectivity index is 1.51. The van der Waals surface area contributed by atoms with Crippen LogP contribution in [0.25, 0.3) is 11.1 Å². The fourth-order valence-corrected chi connectivity index (χ4v) is 3.86. The molecular weight excluding hydrogens is 320 g/mol. The van der Waals surface area contributed by atoms with Gasteiger partial charge in [-0.15, -0.1) is 21.5 Å². The summed E-state index contributed by atoms with van der Waals surface area (Å²) in [6.45, 7) is 3.42. The van der Waals surface area contributed by atoms with E-state index in [0.29, 0.717) is 6.54 Å². The molecule has 0 saturated carbocycles. The second kappa shape index (κ2) is 6.20. The van der Waals surface area contributed by atoms with Gasteiger partial charge in [-0.25, -0.2) is 0 Å². The summed E-state index contributed by atoms with van der Waals surface area (Å²) in [6.07, 6.45) is 2.08. The molecule has 3 heterocycles. The van der Waals surface area contributed by atoms with Crippen molar-refractivity contribution in [1.82, 2.24) is 20.1 Å². The van der Waals surface area contributed by atoms with E-state index in [2.05, 4.69) is 51.3 Å². The molecule has 4 rings (SSSR count). The normalized spacial score (nSPS) is 13.0. The summed E-state index contributed by atoms with van der Waals surface area (Å²) in [5.41, 5.74) is 3.25. The minimum atomic E-state index is -0.0593. The van der Waals surface area contributed by atoms with E-state index in [9.17, 15) is 4.79 Å². The lowest BCUT2D eigenvalue weighted by molar-refractivity contribution is 0.0954. The molecule has 3 aromatic rings. The molecular formula is C18H18N4OS. The van der Waals surface area contributed by atoms with Crippen molar-refractivity contribution in [2.24, 2.45) is 0 Å². The lowest BCUT2D eigenvalue weighted by atomic mass is 10.0. The highest BCUT2D eigenvalue weighted by atomic mass is 32.1. The summed E-state index contributed by atoms with van der Waals surface area (Å²) in [7, 11) is 0. The number of nitrogens with zero attached hydrogens (tertiary/aromatic N) is 3. The van der Waals surface area contributed by atoms with E-state index >= 15 is 0 Å². The number of hydrogen-bond donors (Lipinski definition) is 1. The molecule has 24 heavy (non-hydrogen) atoms. The zero-order chi connectivity index (χ0) is 16.5. The number of nitrogens with one attached hydrogen (secondary N) is 1. The summed E-state index contributed by atoms with van der Waals surface area (Å²) >= 11 is 1.46. The molecule has 1 aromatic carbocycles. The number of aryl methyl sites for hydroxylation is 2. The number of hydrogen-bond acceptors (Lipinski definition) is 4. The lowest BCUT2D eigenvalue weighted by Gasteiger charge is -2.07. The van der Waals surface area contributed by atoms with Crippen molar-refractivity contribution in [3.8, 4) is 11.1 Å². The van der Waals surface area contributed by atoms with Crippen molar-refractivity contribution in [2.75, 3.05) is 0 Å². The second-order valence-corrected chi connectivity index (χ2v) is 6.92. The average Bonchev–Trinajstić information content (AvgIpc) is 3.30. The summed E-state index contributed by atoms with van der Waals surface area (Å²) in [4.78, 5) is 13.3. The topological polar surface area (TPSA) is 59.8 Å². The minimum Gasteiger partial charge on any atom is -0.344 e. The van der Waals surface area contributed by atoms with Crippen LogP contribution in [0.5, 0.6) is 0 Å². The zero-order valence-corrected chi connectivity index (χ0v) is 14.3. The number of fused-ring (bicyclic) bond motifs is 1. The summed E-state index contributed by atoms with van der Waals surface area (Å²) in [5, 5.41) is 13.3. The molecule has 1 amide bonds. The van der Waals surface area contributed by atoms with Gasteiger partial charge in [0, 0.05) is 18.5 Å². The van der Waals surface area contributed by atoms with Crippen molar-refractivity contribution in [1.29, 1.82) is 0 Å². The van der Waals surface area contributed by atoms with Crippen LogP contribution in [-0.4, -0.2) is 20.7 Å². The maximum atomic E-state index is 12.6. The largest absolute Gasteiger partial charge is 0.344 e. The van der Waals surface area contributed by atoms with E-state index in [4.69, 9.17) is 0 Å². The number of benzene rings is 1. The Hall–Kier alpha value is -2.47. The number of carbonyl (C=O) groups excluding carboxylic acids is 1. The van der Waals surface area contributed by atoms with Gasteiger partial charge in [-0.2, -0.15) is 0 Å². The van der Waals surface area contributed by atoms with E-state index in [1.54, 1.807) is 0 Å². The molecule has 1 aliphatic rings. The van der Waals surface area contributed by atoms with Gasteiger partial charge in [0.05, 0.1) is 11.4 Å². The molecule has 0 unspecified atom stereocenters. The molecule has 0 atom stereocenters. The fourth-order valence-electron chi connectivity index (χ4n) is 3.03. The number of aromatic nitrogens is 3. The van der Waals surface area contributed by atoms with E-state index in [1.165, 1.54) is 16.9 Å². The smallest absolute Gasteiger partial charge is 0.262 e. The lowest BCUT2D eigenvalue weighted by Crippen LogP contribution is -2.24. The molecule has 0 radical (unpaired) electrons. The van der Waals surface area contributed by atoms with Gasteiger partial charge in [0.1, 0.15) is 5.82 Å². The van der Waals surface area contributed by atoms with Gasteiger partial charge in [0.15, 0.2) is 5.82 Å². The maximum absolute atomic E-state index is 12.6. The van der Waals surface area contributed by atoms with Crippen LogP contribution in [0, 0.1) is 6.92 Å². The Bertz CT molecular complexity index is 879. The van der Waals surface area contributed by atoms with Crippen LogP contribution in [0.2, 0.25) is 0 Å². The first-order valence-corrected chi connectivity index (χ1v) is 8.94. The SMILES string of the molecule is Cc1ccc(-c2ccsc2C(=O)NCc2nnc3n2CCC3)cc1. The van der Waals surface area contributed by atoms with Crippen LogP contribution in [0.15, 0.2) is 35.7 Å². The number of amides is 1. The quantitative estimate of drug-likeness (QED) is 0.795. The Labute approximate surface area is 144 Å². The van der Waals surface area contributed by atoms with Gasteiger partial charge in [0.25, 0.3) is 5.91 Å². The molecule has 0 bridgehead atoms. The van der Waals surface area contributed by atoms with E-state index in [-0.39, 0.29) is 5.91 Å². The van der Waals surface area contributed by atoms with Crippen LogP contribution >= 0.6 is 11.3 Å². The Kier molecular flexibility index (Phi) is 3.90. The Morgan fingerprint density at radius 2 is 2.08 bits per heavy atom. The zero-order valence-electron chi connectivity index (χ0n) is 13.5. The minimum absolute atomic E-state index is 0.0593. The molecule has 0 fully saturated rings. The molecule has 6 heteroatoms. The van der Waals surface area contributed by atoms with Gasteiger partial charge >= 0.3 is 0 Å². The van der Waals surface area contributed by atoms with Crippen LogP contribution in [-0.2, 0) is 19.5 Å². The van der Waals surface area contributed by atoms with Crippen molar-refractivity contribution in [3.05, 3.63) is 57.8 Å². The van der Waals surface area contributed by atoms with Crippen molar-refractivity contribution in [2.45, 2.75) is 32.9 Å². The highest BCUT2D eigenvalue weighted by molar-refractivity contribution is 7.12. The predicted octanol–water partition coefficient (Wildman–Crippen LogP) is 3.19. The summed E-state index contributed by atoms with van der Waals surface area (Å²) < 4.78 is 2.11. The molecule has 1 aliphatic heterocycles. The van der Waals surface area contributed by atoms with Gasteiger partial charge in [0.2, 0.25) is 0 Å². The molecule has 1 N–H and O–H groups in total.